The monoisotopic (exact) mass is 466 g/mol. The second-order valence-corrected chi connectivity index (χ2v) is 9.60. The van der Waals surface area contributed by atoms with Gasteiger partial charge in [0.25, 0.3) is 17.7 Å². The number of hydrogen-bond acceptors (Lipinski definition) is 4. The number of carbonyl (C=O) groups is 3. The molecule has 0 spiro atoms. The Morgan fingerprint density at radius 2 is 1.41 bits per heavy atom. The van der Waals surface area contributed by atoms with E-state index in [1.807, 2.05) is 43.3 Å². The van der Waals surface area contributed by atoms with E-state index in [-0.39, 0.29) is 5.91 Å². The van der Waals surface area contributed by atoms with Crippen molar-refractivity contribution in [3.63, 3.8) is 0 Å². The van der Waals surface area contributed by atoms with E-state index < -0.39 is 23.9 Å². The molecule has 144 valence electrons. The lowest BCUT2D eigenvalue weighted by molar-refractivity contribution is -0.130. The highest BCUT2D eigenvalue weighted by molar-refractivity contribution is 9.11. The summed E-state index contributed by atoms with van der Waals surface area (Å²) in [6.45, 7) is 1.98. The molecule has 0 aliphatic carbocycles. The van der Waals surface area contributed by atoms with Crippen molar-refractivity contribution < 1.29 is 14.4 Å². The number of amides is 3. The zero-order chi connectivity index (χ0) is 20.3. The molecule has 0 N–H and O–H groups in total. The fraction of sp³-hybridized carbons (Fsp3) is 0.136. The van der Waals surface area contributed by atoms with E-state index in [1.165, 1.54) is 11.3 Å². The highest BCUT2D eigenvalue weighted by Gasteiger charge is 2.57. The zero-order valence-electron chi connectivity index (χ0n) is 15.3. The van der Waals surface area contributed by atoms with Crippen LogP contribution in [0.3, 0.4) is 0 Å². The van der Waals surface area contributed by atoms with Gasteiger partial charge in [0.15, 0.2) is 0 Å². The molecule has 5 rings (SSSR count). The molecule has 0 unspecified atom stereocenters. The van der Waals surface area contributed by atoms with Gasteiger partial charge in [0.05, 0.1) is 14.9 Å². The molecule has 2 atom stereocenters. The maximum absolute atomic E-state index is 13.2. The quantitative estimate of drug-likeness (QED) is 0.419. The van der Waals surface area contributed by atoms with Crippen LogP contribution in [0, 0.1) is 6.92 Å². The summed E-state index contributed by atoms with van der Waals surface area (Å²) < 4.78 is 0.928. The van der Waals surface area contributed by atoms with Gasteiger partial charge in [-0.1, -0.05) is 29.8 Å². The second-order valence-electron chi connectivity index (χ2n) is 7.10. The molecule has 1 fully saturated rings. The van der Waals surface area contributed by atoms with Crippen LogP contribution in [0.2, 0.25) is 0 Å². The predicted molar refractivity (Wildman–Crippen MR) is 114 cm³/mol. The highest BCUT2D eigenvalue weighted by atomic mass is 79.9. The van der Waals surface area contributed by atoms with Crippen LogP contribution in [0.15, 0.2) is 64.5 Å². The molecule has 0 saturated carbocycles. The average Bonchev–Trinajstić information content (AvgIpc) is 3.24. The molecule has 2 aliphatic heterocycles. The molecule has 2 aromatic carbocycles. The Hall–Kier alpha value is -2.77. The number of anilines is 1. The molecular weight excluding hydrogens is 452 g/mol. The fourth-order valence-corrected chi connectivity index (χ4v) is 5.49. The molecule has 1 saturated heterocycles. The Morgan fingerprint density at radius 1 is 0.793 bits per heavy atom. The summed E-state index contributed by atoms with van der Waals surface area (Å²) in [5, 5.41) is 0. The van der Waals surface area contributed by atoms with Crippen LogP contribution in [0.25, 0.3) is 0 Å². The lowest BCUT2D eigenvalue weighted by Gasteiger charge is -2.49. The van der Waals surface area contributed by atoms with Gasteiger partial charge in [0.2, 0.25) is 0 Å². The van der Waals surface area contributed by atoms with Crippen molar-refractivity contribution in [3.8, 4) is 0 Å². The van der Waals surface area contributed by atoms with Gasteiger partial charge in [-0.25, -0.2) is 0 Å². The molecule has 2 aliphatic rings. The first-order chi connectivity index (χ1) is 14.0. The number of fused-ring (bicyclic) bond motifs is 1. The van der Waals surface area contributed by atoms with Crippen molar-refractivity contribution in [1.82, 2.24) is 4.90 Å². The Bertz CT molecular complexity index is 1140. The minimum atomic E-state index is -0.853. The molecule has 0 radical (unpaired) electrons. The number of aryl methyl sites for hydroxylation is 1. The molecule has 5 nitrogen and oxygen atoms in total. The SMILES string of the molecule is Cc1ccc(N2C(=O)[C@H](N3C(=O)c4ccccc4C3=O)[C@H]2c2ccc(Br)s2)cc1. The van der Waals surface area contributed by atoms with Gasteiger partial charge < -0.3 is 0 Å². The standard InChI is InChI=1S/C22H15BrN2O3S/c1-12-6-8-13(9-7-12)24-18(16-10-11-17(23)29-16)19(22(24)28)25-20(26)14-4-2-3-5-15(14)21(25)27/h2-11,18-19H,1H3/t18-,19-/m1/s1. The van der Waals surface area contributed by atoms with E-state index in [0.29, 0.717) is 11.1 Å². The van der Waals surface area contributed by atoms with E-state index in [9.17, 15) is 14.4 Å². The maximum Gasteiger partial charge on any atom is 0.262 e. The summed E-state index contributed by atoms with van der Waals surface area (Å²) in [4.78, 5) is 42.9. The van der Waals surface area contributed by atoms with E-state index in [0.717, 1.165) is 24.8 Å². The summed E-state index contributed by atoms with van der Waals surface area (Å²) in [6.07, 6.45) is 0. The summed E-state index contributed by atoms with van der Waals surface area (Å²) >= 11 is 4.97. The Morgan fingerprint density at radius 3 is 1.97 bits per heavy atom. The first kappa shape index (κ1) is 18.3. The summed E-state index contributed by atoms with van der Waals surface area (Å²) in [5.74, 6) is -1.07. The van der Waals surface area contributed by atoms with Gasteiger partial charge in [-0.05, 0) is 59.3 Å². The van der Waals surface area contributed by atoms with Crippen molar-refractivity contribution in [2.45, 2.75) is 19.0 Å². The number of β-lactam (4-membered cyclic amide) rings is 1. The number of carbonyl (C=O) groups excluding carboxylic acids is 3. The molecule has 29 heavy (non-hydrogen) atoms. The van der Waals surface area contributed by atoms with Crippen LogP contribution in [0.5, 0.6) is 0 Å². The third-order valence-corrected chi connectivity index (χ3v) is 7.06. The Balaban J connectivity index is 1.58. The van der Waals surface area contributed by atoms with Crippen LogP contribution in [0.4, 0.5) is 5.69 Å². The summed E-state index contributed by atoms with van der Waals surface area (Å²) in [7, 11) is 0. The van der Waals surface area contributed by atoms with E-state index in [4.69, 9.17) is 0 Å². The van der Waals surface area contributed by atoms with Crippen LogP contribution >= 0.6 is 27.3 Å². The van der Waals surface area contributed by atoms with Gasteiger partial charge in [0, 0.05) is 10.6 Å². The minimum absolute atomic E-state index is 0.252. The van der Waals surface area contributed by atoms with Crippen LogP contribution in [-0.2, 0) is 4.79 Å². The fourth-order valence-electron chi connectivity index (χ4n) is 3.95. The molecular formula is C22H15BrN2O3S. The molecule has 3 amide bonds. The lowest BCUT2D eigenvalue weighted by Crippen LogP contribution is -2.67. The number of thiophene rings is 1. The number of benzene rings is 2. The number of halogens is 1. The van der Waals surface area contributed by atoms with E-state index >= 15 is 0 Å². The van der Waals surface area contributed by atoms with E-state index in [2.05, 4.69) is 15.9 Å². The second kappa shape index (κ2) is 6.64. The van der Waals surface area contributed by atoms with Gasteiger partial charge >= 0.3 is 0 Å². The first-order valence-electron chi connectivity index (χ1n) is 9.09. The zero-order valence-corrected chi connectivity index (χ0v) is 17.7. The van der Waals surface area contributed by atoms with Gasteiger partial charge in [-0.3, -0.25) is 24.2 Å². The summed E-state index contributed by atoms with van der Waals surface area (Å²) in [5.41, 5.74) is 2.55. The van der Waals surface area contributed by atoms with E-state index in [1.54, 1.807) is 29.2 Å². The highest BCUT2D eigenvalue weighted by Crippen LogP contribution is 2.46. The van der Waals surface area contributed by atoms with Gasteiger partial charge in [0.1, 0.15) is 12.1 Å². The van der Waals surface area contributed by atoms with Crippen LogP contribution < -0.4 is 4.90 Å². The lowest BCUT2D eigenvalue weighted by atomic mass is 9.90. The smallest absolute Gasteiger partial charge is 0.262 e. The number of imide groups is 1. The van der Waals surface area contributed by atoms with Crippen molar-refractivity contribution >= 4 is 50.7 Å². The predicted octanol–water partition coefficient (Wildman–Crippen LogP) is 4.57. The number of rotatable bonds is 3. The van der Waals surface area contributed by atoms with Gasteiger partial charge in [-0.15, -0.1) is 11.3 Å². The van der Waals surface area contributed by atoms with Crippen molar-refractivity contribution in [2.24, 2.45) is 0 Å². The van der Waals surface area contributed by atoms with Crippen molar-refractivity contribution in [1.29, 1.82) is 0 Å². The molecule has 1 aromatic heterocycles. The van der Waals surface area contributed by atoms with Crippen molar-refractivity contribution in [2.75, 3.05) is 4.90 Å². The number of hydrogen-bond donors (Lipinski definition) is 0. The average molecular weight is 467 g/mol. The summed E-state index contributed by atoms with van der Waals surface area (Å²) in [6, 6.07) is 17.0. The molecule has 3 heterocycles. The van der Waals surface area contributed by atoms with Crippen LogP contribution in [0.1, 0.15) is 37.2 Å². The third-order valence-electron chi connectivity index (χ3n) is 5.37. The maximum atomic E-state index is 13.2. The molecule has 3 aromatic rings. The molecule has 0 bridgehead atoms. The molecule has 7 heteroatoms. The minimum Gasteiger partial charge on any atom is -0.300 e. The van der Waals surface area contributed by atoms with Crippen molar-refractivity contribution in [3.05, 3.63) is 86.0 Å². The van der Waals surface area contributed by atoms with Crippen LogP contribution in [-0.4, -0.2) is 28.7 Å². The topological polar surface area (TPSA) is 57.7 Å². The third kappa shape index (κ3) is 2.68. The Kier molecular flexibility index (Phi) is 4.18. The first-order valence-corrected chi connectivity index (χ1v) is 10.7. The van der Waals surface area contributed by atoms with Gasteiger partial charge in [-0.2, -0.15) is 0 Å². The normalized spacial score (nSPS) is 20.8. The largest absolute Gasteiger partial charge is 0.300 e. The Labute approximate surface area is 179 Å². The number of nitrogens with zero attached hydrogens (tertiary/aromatic N) is 2.